The van der Waals surface area contributed by atoms with Crippen LogP contribution in [0.25, 0.3) is 0 Å². The largest absolute Gasteiger partial charge is 0.311 e. The molecule has 2 aromatic carbocycles. The average Bonchev–Trinajstić information content (AvgIpc) is 3.09. The first-order valence-electron chi connectivity index (χ1n) is 9.57. The molecule has 0 bridgehead atoms. The predicted octanol–water partition coefficient (Wildman–Crippen LogP) is 2.70. The van der Waals surface area contributed by atoms with Crippen LogP contribution in [-0.4, -0.2) is 55.0 Å². The van der Waals surface area contributed by atoms with Crippen LogP contribution in [0.15, 0.2) is 48.5 Å². The number of piperazine rings is 1. The zero-order valence-electron chi connectivity index (χ0n) is 15.5. The van der Waals surface area contributed by atoms with Crippen molar-refractivity contribution in [2.75, 3.05) is 44.2 Å². The van der Waals surface area contributed by atoms with E-state index < -0.39 is 0 Å². The van der Waals surface area contributed by atoms with E-state index in [1.165, 1.54) is 16.7 Å². The Morgan fingerprint density at radius 1 is 0.885 bits per heavy atom. The number of fused-ring (bicyclic) bond motifs is 1. The number of rotatable bonds is 4. The van der Waals surface area contributed by atoms with E-state index in [4.69, 9.17) is 0 Å². The molecule has 0 atom stereocenters. The van der Waals surface area contributed by atoms with Gasteiger partial charge in [0.25, 0.3) is 0 Å². The highest BCUT2D eigenvalue weighted by Gasteiger charge is 2.26. The van der Waals surface area contributed by atoms with E-state index in [1.807, 2.05) is 11.0 Å². The van der Waals surface area contributed by atoms with Crippen molar-refractivity contribution in [1.82, 2.24) is 9.80 Å². The lowest BCUT2D eigenvalue weighted by Gasteiger charge is -2.35. The summed E-state index contributed by atoms with van der Waals surface area (Å²) in [5.74, 6) is 0.238. The minimum absolute atomic E-state index is 0.238. The first-order valence-corrected chi connectivity index (χ1v) is 9.57. The van der Waals surface area contributed by atoms with Gasteiger partial charge in [-0.2, -0.15) is 0 Å². The topological polar surface area (TPSA) is 26.8 Å². The van der Waals surface area contributed by atoms with Crippen molar-refractivity contribution >= 4 is 11.6 Å². The van der Waals surface area contributed by atoms with E-state index in [1.54, 1.807) is 0 Å². The summed E-state index contributed by atoms with van der Waals surface area (Å²) >= 11 is 0. The first-order chi connectivity index (χ1) is 12.7. The minimum atomic E-state index is 0.238. The van der Waals surface area contributed by atoms with Gasteiger partial charge >= 0.3 is 0 Å². The van der Waals surface area contributed by atoms with Crippen molar-refractivity contribution < 1.29 is 4.79 Å². The Kier molecular flexibility index (Phi) is 5.05. The molecule has 0 aromatic heterocycles. The predicted molar refractivity (Wildman–Crippen MR) is 105 cm³/mol. The van der Waals surface area contributed by atoms with E-state index in [9.17, 15) is 4.79 Å². The van der Waals surface area contributed by atoms with Gasteiger partial charge in [0.05, 0.1) is 6.54 Å². The summed E-state index contributed by atoms with van der Waals surface area (Å²) in [6.07, 6.45) is 0.978. The van der Waals surface area contributed by atoms with E-state index in [0.717, 1.165) is 51.4 Å². The number of amides is 1. The third kappa shape index (κ3) is 3.81. The Morgan fingerprint density at radius 3 is 2.35 bits per heavy atom. The molecule has 26 heavy (non-hydrogen) atoms. The molecule has 1 saturated heterocycles. The second kappa shape index (κ2) is 7.60. The first kappa shape index (κ1) is 17.3. The van der Waals surface area contributed by atoms with Crippen molar-refractivity contribution in [3.05, 3.63) is 65.2 Å². The molecule has 2 heterocycles. The maximum absolute atomic E-state index is 12.8. The van der Waals surface area contributed by atoms with Gasteiger partial charge in [-0.25, -0.2) is 0 Å². The van der Waals surface area contributed by atoms with Crippen LogP contribution in [0.2, 0.25) is 0 Å². The molecule has 0 N–H and O–H groups in total. The number of hydrogen-bond donors (Lipinski definition) is 0. The third-order valence-corrected chi connectivity index (χ3v) is 5.54. The molecular formula is C22H27N3O. The molecule has 1 amide bonds. The van der Waals surface area contributed by atoms with E-state index in [2.05, 4.69) is 59.2 Å². The second-order valence-corrected chi connectivity index (χ2v) is 7.46. The number of benzene rings is 2. The van der Waals surface area contributed by atoms with Crippen molar-refractivity contribution in [2.45, 2.75) is 19.9 Å². The van der Waals surface area contributed by atoms with Gasteiger partial charge in [-0.3, -0.25) is 14.6 Å². The van der Waals surface area contributed by atoms with Gasteiger partial charge in [0.1, 0.15) is 0 Å². The summed E-state index contributed by atoms with van der Waals surface area (Å²) in [6.45, 7) is 8.47. The van der Waals surface area contributed by atoms with Crippen LogP contribution in [0, 0.1) is 6.92 Å². The summed E-state index contributed by atoms with van der Waals surface area (Å²) in [6, 6.07) is 17.1. The maximum atomic E-state index is 12.8. The number of hydrogen-bond acceptors (Lipinski definition) is 3. The fourth-order valence-electron chi connectivity index (χ4n) is 3.93. The molecule has 4 nitrogen and oxygen atoms in total. The molecule has 2 aliphatic heterocycles. The molecule has 4 rings (SSSR count). The summed E-state index contributed by atoms with van der Waals surface area (Å²) in [5.41, 5.74) is 5.08. The molecular weight excluding hydrogens is 322 g/mol. The van der Waals surface area contributed by atoms with Crippen molar-refractivity contribution in [1.29, 1.82) is 0 Å². The molecule has 0 saturated carbocycles. The third-order valence-electron chi connectivity index (χ3n) is 5.54. The lowest BCUT2D eigenvalue weighted by Crippen LogP contribution is -2.49. The highest BCUT2D eigenvalue weighted by Crippen LogP contribution is 2.27. The van der Waals surface area contributed by atoms with Crippen LogP contribution in [0.3, 0.4) is 0 Å². The Labute approximate surface area is 156 Å². The van der Waals surface area contributed by atoms with E-state index >= 15 is 0 Å². The maximum Gasteiger partial charge on any atom is 0.241 e. The zero-order chi connectivity index (χ0) is 17.9. The van der Waals surface area contributed by atoms with Gasteiger partial charge in [0.2, 0.25) is 5.91 Å². The molecule has 0 aliphatic carbocycles. The van der Waals surface area contributed by atoms with Crippen LogP contribution in [0.4, 0.5) is 5.69 Å². The van der Waals surface area contributed by atoms with Crippen LogP contribution in [-0.2, 0) is 17.8 Å². The number of anilines is 1. The van der Waals surface area contributed by atoms with Crippen LogP contribution < -0.4 is 4.90 Å². The quantitative estimate of drug-likeness (QED) is 0.849. The average molecular weight is 349 g/mol. The SMILES string of the molecule is Cc1ccc(CN2CCN(CC(=O)N3CCc4ccccc43)CC2)cc1. The lowest BCUT2D eigenvalue weighted by molar-refractivity contribution is -0.120. The van der Waals surface area contributed by atoms with Gasteiger partial charge in [-0.05, 0) is 30.5 Å². The summed E-state index contributed by atoms with van der Waals surface area (Å²) in [4.78, 5) is 19.5. The molecule has 0 radical (unpaired) electrons. The minimum Gasteiger partial charge on any atom is -0.311 e. The number of para-hydroxylation sites is 1. The smallest absolute Gasteiger partial charge is 0.241 e. The highest BCUT2D eigenvalue weighted by atomic mass is 16.2. The Morgan fingerprint density at radius 2 is 1.58 bits per heavy atom. The summed E-state index contributed by atoms with van der Waals surface area (Å²) < 4.78 is 0. The molecule has 0 unspecified atom stereocenters. The Bertz CT molecular complexity index is 763. The fraction of sp³-hybridized carbons (Fsp3) is 0.409. The van der Waals surface area contributed by atoms with Gasteiger partial charge in [-0.15, -0.1) is 0 Å². The molecule has 2 aliphatic rings. The monoisotopic (exact) mass is 349 g/mol. The summed E-state index contributed by atoms with van der Waals surface area (Å²) in [7, 11) is 0. The molecule has 1 fully saturated rings. The molecule has 4 heteroatoms. The normalized spacial score (nSPS) is 18.1. The van der Waals surface area contributed by atoms with E-state index in [0.29, 0.717) is 6.54 Å². The van der Waals surface area contributed by atoms with Crippen LogP contribution >= 0.6 is 0 Å². The Hall–Kier alpha value is -2.17. The van der Waals surface area contributed by atoms with Crippen LogP contribution in [0.5, 0.6) is 0 Å². The van der Waals surface area contributed by atoms with Crippen LogP contribution in [0.1, 0.15) is 16.7 Å². The molecule has 0 spiro atoms. The number of carbonyl (C=O) groups is 1. The van der Waals surface area contributed by atoms with Crippen molar-refractivity contribution in [2.24, 2.45) is 0 Å². The molecule has 136 valence electrons. The Balaban J connectivity index is 1.27. The fourth-order valence-corrected chi connectivity index (χ4v) is 3.93. The van der Waals surface area contributed by atoms with Gasteiger partial charge in [-0.1, -0.05) is 48.0 Å². The zero-order valence-corrected chi connectivity index (χ0v) is 15.5. The number of aryl methyl sites for hydroxylation is 1. The number of carbonyl (C=O) groups excluding carboxylic acids is 1. The standard InChI is InChI=1S/C22H27N3O/c1-18-6-8-19(9-7-18)16-23-12-14-24(15-13-23)17-22(26)25-11-10-20-4-2-3-5-21(20)25/h2-9H,10-17H2,1H3. The van der Waals surface area contributed by atoms with E-state index in [-0.39, 0.29) is 5.91 Å². The van der Waals surface area contributed by atoms with Gasteiger partial charge in [0, 0.05) is 45.0 Å². The highest BCUT2D eigenvalue weighted by molar-refractivity contribution is 5.96. The second-order valence-electron chi connectivity index (χ2n) is 7.46. The summed E-state index contributed by atoms with van der Waals surface area (Å²) in [5, 5.41) is 0. The number of nitrogens with zero attached hydrogens (tertiary/aromatic N) is 3. The van der Waals surface area contributed by atoms with Gasteiger partial charge < -0.3 is 4.90 Å². The lowest BCUT2D eigenvalue weighted by atomic mass is 10.1. The van der Waals surface area contributed by atoms with Crippen molar-refractivity contribution in [3.63, 3.8) is 0 Å². The van der Waals surface area contributed by atoms with Gasteiger partial charge in [0.15, 0.2) is 0 Å². The molecule has 2 aromatic rings. The van der Waals surface area contributed by atoms with Crippen molar-refractivity contribution in [3.8, 4) is 0 Å².